The van der Waals surface area contributed by atoms with Crippen LogP contribution in [0.1, 0.15) is 20.7 Å². The molecule has 0 aliphatic rings. The van der Waals surface area contributed by atoms with Gasteiger partial charge in [-0.2, -0.15) is 0 Å². The van der Waals surface area contributed by atoms with E-state index < -0.39 is 16.5 Å². The van der Waals surface area contributed by atoms with Crippen LogP contribution in [-0.4, -0.2) is 22.3 Å². The van der Waals surface area contributed by atoms with Crippen LogP contribution < -0.4 is 0 Å². The Kier molecular flexibility index (Phi) is 5.40. The molecule has 2 nitrogen and oxygen atoms in total. The highest BCUT2D eigenvalue weighted by Crippen LogP contribution is 2.21. The van der Waals surface area contributed by atoms with Gasteiger partial charge in [-0.15, -0.1) is 23.2 Å². The predicted molar refractivity (Wildman–Crippen MR) is 85.8 cm³/mol. The summed E-state index contributed by atoms with van der Waals surface area (Å²) in [5.41, 5.74) is 0.790. The van der Waals surface area contributed by atoms with E-state index in [1.807, 2.05) is 0 Å². The molecule has 0 aliphatic carbocycles. The summed E-state index contributed by atoms with van der Waals surface area (Å²) in [7, 11) is 0. The van der Waals surface area contributed by atoms with E-state index in [9.17, 15) is 9.59 Å². The first-order chi connectivity index (χ1) is 10.0. The minimum absolute atomic E-state index is 0.367. The molecule has 5 heteroatoms. The highest BCUT2D eigenvalue weighted by Gasteiger charge is 2.31. The average Bonchev–Trinajstić information content (AvgIpc) is 2.53. The molecule has 108 valence electrons. The monoisotopic (exact) mass is 340 g/mol. The molecular weight excluding hydrogens is 331 g/mol. The van der Waals surface area contributed by atoms with E-state index in [2.05, 4.69) is 0 Å². The molecule has 2 aromatic rings. The molecule has 0 aromatic heterocycles. The van der Waals surface area contributed by atoms with Gasteiger partial charge in [0.25, 0.3) is 0 Å². The molecule has 0 bridgehead atoms. The van der Waals surface area contributed by atoms with Gasteiger partial charge in [-0.05, 0) is 24.3 Å². The number of carbonyl (C=O) groups excluding carboxylic acids is 2. The van der Waals surface area contributed by atoms with Crippen LogP contribution in [0.5, 0.6) is 0 Å². The number of carbonyl (C=O) groups is 2. The van der Waals surface area contributed by atoms with Crippen LogP contribution >= 0.6 is 34.8 Å². The molecule has 0 fully saturated rings. The number of hydrogen-bond donors (Lipinski definition) is 0. The Morgan fingerprint density at radius 1 is 0.714 bits per heavy atom. The summed E-state index contributed by atoms with van der Waals surface area (Å²) < 4.78 is 0. The van der Waals surface area contributed by atoms with Crippen LogP contribution in [0.15, 0.2) is 54.6 Å². The second-order valence-corrected chi connectivity index (χ2v) is 5.78. The highest BCUT2D eigenvalue weighted by molar-refractivity contribution is 6.46. The summed E-state index contributed by atoms with van der Waals surface area (Å²) >= 11 is 17.9. The van der Waals surface area contributed by atoms with Gasteiger partial charge in [-0.25, -0.2) is 0 Å². The Hall–Kier alpha value is -1.35. The molecule has 2 rings (SSSR count). The normalized spacial score (nSPS) is 13.5. The van der Waals surface area contributed by atoms with E-state index in [0.717, 1.165) is 0 Å². The molecule has 0 spiro atoms. The zero-order valence-corrected chi connectivity index (χ0v) is 13.1. The molecule has 2 aromatic carbocycles. The van der Waals surface area contributed by atoms with Crippen molar-refractivity contribution >= 4 is 46.4 Å². The number of benzene rings is 2. The third-order valence-corrected chi connectivity index (χ3v) is 4.23. The fourth-order valence-electron chi connectivity index (χ4n) is 1.80. The summed E-state index contributed by atoms with van der Waals surface area (Å²) in [5, 5.41) is -1.75. The molecule has 0 heterocycles. The summed E-state index contributed by atoms with van der Waals surface area (Å²) in [5.74, 6) is -0.780. The fourth-order valence-corrected chi connectivity index (χ4v) is 2.41. The molecule has 0 aliphatic heterocycles. The number of halogens is 3. The van der Waals surface area contributed by atoms with Crippen molar-refractivity contribution in [3.63, 3.8) is 0 Å². The summed E-state index contributed by atoms with van der Waals surface area (Å²) in [4.78, 5) is 24.4. The number of rotatable bonds is 5. The molecular formula is C16H11Cl3O2. The van der Waals surface area contributed by atoms with Gasteiger partial charge in [0.15, 0.2) is 11.6 Å². The molecule has 0 radical (unpaired) electrons. The molecule has 0 N–H and O–H groups in total. The minimum atomic E-state index is -1.14. The van der Waals surface area contributed by atoms with Gasteiger partial charge in [0, 0.05) is 16.1 Å². The van der Waals surface area contributed by atoms with Gasteiger partial charge in [0.2, 0.25) is 0 Å². The van der Waals surface area contributed by atoms with Crippen molar-refractivity contribution in [2.75, 3.05) is 0 Å². The van der Waals surface area contributed by atoms with Crippen molar-refractivity contribution < 1.29 is 9.59 Å². The maximum absolute atomic E-state index is 12.2. The average molecular weight is 342 g/mol. The summed E-state index contributed by atoms with van der Waals surface area (Å²) in [6.45, 7) is 0. The molecule has 2 atom stereocenters. The number of ketones is 2. The minimum Gasteiger partial charge on any atom is -0.292 e. The Morgan fingerprint density at radius 3 is 1.62 bits per heavy atom. The standard InChI is InChI=1S/C16H11Cl3O2/c17-12-8-6-11(7-9-12)16(21)14(19)13(18)15(20)10-4-2-1-3-5-10/h1-9,13-14H/t13-,14-/m1/s1. The van der Waals surface area contributed by atoms with Crippen molar-refractivity contribution in [3.8, 4) is 0 Å². The lowest BCUT2D eigenvalue weighted by Gasteiger charge is -2.14. The molecule has 0 unspecified atom stereocenters. The smallest absolute Gasteiger partial charge is 0.182 e. The largest absolute Gasteiger partial charge is 0.292 e. The molecule has 21 heavy (non-hydrogen) atoms. The Balaban J connectivity index is 2.15. The quantitative estimate of drug-likeness (QED) is 0.587. The van der Waals surface area contributed by atoms with E-state index in [4.69, 9.17) is 34.8 Å². The second kappa shape index (κ2) is 7.08. The predicted octanol–water partition coefficient (Wildman–Crippen LogP) is 4.62. The van der Waals surface area contributed by atoms with Crippen LogP contribution in [0, 0.1) is 0 Å². The summed E-state index contributed by atoms with van der Waals surface area (Å²) in [6.07, 6.45) is 0. The molecule has 0 amide bonds. The van der Waals surface area contributed by atoms with Gasteiger partial charge in [-0.1, -0.05) is 41.9 Å². The summed E-state index contributed by atoms with van der Waals surface area (Å²) in [6, 6.07) is 14.8. The van der Waals surface area contributed by atoms with Gasteiger partial charge in [-0.3, -0.25) is 9.59 Å². The van der Waals surface area contributed by atoms with E-state index in [0.29, 0.717) is 16.1 Å². The number of Topliss-reactive ketones (excluding diaryl/α,β-unsaturated/α-hetero) is 2. The second-order valence-electron chi connectivity index (χ2n) is 4.40. The third kappa shape index (κ3) is 3.85. The zero-order valence-electron chi connectivity index (χ0n) is 10.8. The van der Waals surface area contributed by atoms with Crippen molar-refractivity contribution in [1.29, 1.82) is 0 Å². The van der Waals surface area contributed by atoms with Crippen LogP contribution in [0.25, 0.3) is 0 Å². The molecule has 0 saturated heterocycles. The van der Waals surface area contributed by atoms with Crippen molar-refractivity contribution in [2.24, 2.45) is 0 Å². The van der Waals surface area contributed by atoms with Gasteiger partial charge < -0.3 is 0 Å². The Bertz CT molecular complexity index is 638. The lowest BCUT2D eigenvalue weighted by Crippen LogP contribution is -2.32. The first-order valence-electron chi connectivity index (χ1n) is 6.18. The zero-order chi connectivity index (χ0) is 15.4. The highest BCUT2D eigenvalue weighted by atomic mass is 35.5. The van der Waals surface area contributed by atoms with Crippen LogP contribution in [0.3, 0.4) is 0 Å². The first kappa shape index (κ1) is 16.0. The van der Waals surface area contributed by atoms with Crippen LogP contribution in [-0.2, 0) is 0 Å². The fraction of sp³-hybridized carbons (Fsp3) is 0.125. The maximum Gasteiger partial charge on any atom is 0.182 e. The Morgan fingerprint density at radius 2 is 1.14 bits per heavy atom. The number of hydrogen-bond acceptors (Lipinski definition) is 2. The van der Waals surface area contributed by atoms with E-state index >= 15 is 0 Å². The maximum atomic E-state index is 12.2. The topological polar surface area (TPSA) is 34.1 Å². The van der Waals surface area contributed by atoms with Gasteiger partial charge >= 0.3 is 0 Å². The van der Waals surface area contributed by atoms with Gasteiger partial charge in [0.1, 0.15) is 10.8 Å². The van der Waals surface area contributed by atoms with Crippen molar-refractivity contribution in [1.82, 2.24) is 0 Å². The van der Waals surface area contributed by atoms with Crippen LogP contribution in [0.2, 0.25) is 5.02 Å². The van der Waals surface area contributed by atoms with Crippen LogP contribution in [0.4, 0.5) is 0 Å². The van der Waals surface area contributed by atoms with E-state index in [1.54, 1.807) is 54.6 Å². The Labute approximate surface area is 137 Å². The lowest BCUT2D eigenvalue weighted by atomic mass is 10.0. The van der Waals surface area contributed by atoms with Crippen molar-refractivity contribution in [2.45, 2.75) is 10.8 Å². The SMILES string of the molecule is O=C(c1ccccc1)[C@H](Cl)[C@@H](Cl)C(=O)c1ccc(Cl)cc1. The molecule has 0 saturated carbocycles. The third-order valence-electron chi connectivity index (χ3n) is 2.94. The van der Waals surface area contributed by atoms with Crippen molar-refractivity contribution in [3.05, 3.63) is 70.7 Å². The van der Waals surface area contributed by atoms with E-state index in [1.165, 1.54) is 0 Å². The first-order valence-corrected chi connectivity index (χ1v) is 7.43. The van der Waals surface area contributed by atoms with E-state index in [-0.39, 0.29) is 5.78 Å². The number of alkyl halides is 2. The van der Waals surface area contributed by atoms with Gasteiger partial charge in [0.05, 0.1) is 0 Å². The lowest BCUT2D eigenvalue weighted by molar-refractivity contribution is 0.0926.